The highest BCUT2D eigenvalue weighted by Gasteiger charge is 2.11. The van der Waals surface area contributed by atoms with Gasteiger partial charge in [-0.1, -0.05) is 42.0 Å². The lowest BCUT2D eigenvalue weighted by Crippen LogP contribution is -2.23. The first-order valence-corrected chi connectivity index (χ1v) is 9.06. The highest BCUT2D eigenvalue weighted by Crippen LogP contribution is 2.24. The quantitative estimate of drug-likeness (QED) is 0.718. The van der Waals surface area contributed by atoms with Crippen molar-refractivity contribution in [3.05, 3.63) is 70.7 Å². The molecular formula is C20H19N3O2S. The fraction of sp³-hybridized carbons (Fsp3) is 0.150. The number of hydrogen-bond donors (Lipinski definition) is 2. The number of nitrogens with zero attached hydrogens (tertiary/aromatic N) is 1. The summed E-state index contributed by atoms with van der Waals surface area (Å²) in [4.78, 5) is 27.9. The van der Waals surface area contributed by atoms with Crippen molar-refractivity contribution < 1.29 is 9.59 Å². The zero-order valence-electron chi connectivity index (χ0n) is 14.6. The maximum atomic E-state index is 12.3. The van der Waals surface area contributed by atoms with E-state index >= 15 is 0 Å². The molecule has 0 unspecified atom stereocenters. The van der Waals surface area contributed by atoms with Crippen molar-refractivity contribution in [3.8, 4) is 10.6 Å². The van der Waals surface area contributed by atoms with Gasteiger partial charge in [-0.25, -0.2) is 4.98 Å². The Kier molecular flexibility index (Phi) is 5.43. The van der Waals surface area contributed by atoms with Gasteiger partial charge >= 0.3 is 0 Å². The first-order valence-electron chi connectivity index (χ1n) is 8.18. The largest absolute Gasteiger partial charge is 0.347 e. The van der Waals surface area contributed by atoms with E-state index < -0.39 is 0 Å². The zero-order valence-corrected chi connectivity index (χ0v) is 15.4. The summed E-state index contributed by atoms with van der Waals surface area (Å²) in [7, 11) is 0. The Balaban J connectivity index is 1.64. The molecule has 0 fully saturated rings. The molecule has 0 aliphatic heterocycles. The molecule has 1 heterocycles. The molecule has 0 aliphatic rings. The number of amides is 2. The summed E-state index contributed by atoms with van der Waals surface area (Å²) in [5.74, 6) is -0.346. The third-order valence-corrected chi connectivity index (χ3v) is 4.63. The Bertz CT molecular complexity index is 932. The van der Waals surface area contributed by atoms with Crippen LogP contribution in [0.5, 0.6) is 0 Å². The topological polar surface area (TPSA) is 71.1 Å². The Labute approximate surface area is 156 Å². The van der Waals surface area contributed by atoms with Gasteiger partial charge in [-0.3, -0.25) is 9.59 Å². The van der Waals surface area contributed by atoms with E-state index in [1.54, 1.807) is 11.4 Å². The van der Waals surface area contributed by atoms with Crippen molar-refractivity contribution in [2.24, 2.45) is 0 Å². The Hall–Kier alpha value is -2.99. The summed E-state index contributed by atoms with van der Waals surface area (Å²) >= 11 is 1.45. The number of carbonyl (C=O) groups excluding carboxylic acids is 2. The summed E-state index contributed by atoms with van der Waals surface area (Å²) in [5, 5.41) is 8.17. The highest BCUT2D eigenvalue weighted by molar-refractivity contribution is 7.13. The van der Waals surface area contributed by atoms with Gasteiger partial charge in [-0.2, -0.15) is 0 Å². The molecule has 2 amide bonds. The molecule has 3 aromatic rings. The summed E-state index contributed by atoms with van der Waals surface area (Å²) < 4.78 is 0. The summed E-state index contributed by atoms with van der Waals surface area (Å²) in [6.45, 7) is 3.86. The second-order valence-electron chi connectivity index (χ2n) is 5.97. The number of aromatic nitrogens is 1. The van der Waals surface area contributed by atoms with E-state index in [4.69, 9.17) is 0 Å². The first kappa shape index (κ1) is 17.8. The minimum Gasteiger partial charge on any atom is -0.347 e. The van der Waals surface area contributed by atoms with Gasteiger partial charge in [0.1, 0.15) is 10.7 Å². The molecule has 0 radical (unpaired) electrons. The van der Waals surface area contributed by atoms with Gasteiger partial charge in [0.25, 0.3) is 5.91 Å². The van der Waals surface area contributed by atoms with Crippen molar-refractivity contribution in [1.82, 2.24) is 10.3 Å². The molecule has 3 rings (SSSR count). The summed E-state index contributed by atoms with van der Waals surface area (Å²) in [6.07, 6.45) is 0. The van der Waals surface area contributed by atoms with Gasteiger partial charge in [0.2, 0.25) is 5.91 Å². The van der Waals surface area contributed by atoms with E-state index in [9.17, 15) is 9.59 Å². The van der Waals surface area contributed by atoms with Crippen LogP contribution in [0.25, 0.3) is 10.6 Å². The smallest absolute Gasteiger partial charge is 0.271 e. The van der Waals surface area contributed by atoms with E-state index in [1.165, 1.54) is 23.8 Å². The molecule has 0 aliphatic carbocycles. The van der Waals surface area contributed by atoms with E-state index in [0.29, 0.717) is 17.9 Å². The van der Waals surface area contributed by atoms with Crippen LogP contribution in [0.4, 0.5) is 5.69 Å². The standard InChI is InChI=1S/C20H19N3O2S/c1-13-6-8-16(9-7-13)20-23-18(12-26-20)19(25)21-11-15-4-3-5-17(10-15)22-14(2)24/h3-10,12H,11H2,1-2H3,(H,21,25)(H,22,24). The average molecular weight is 365 g/mol. The Morgan fingerprint density at radius 2 is 1.88 bits per heavy atom. The first-order chi connectivity index (χ1) is 12.5. The van der Waals surface area contributed by atoms with E-state index in [-0.39, 0.29) is 11.8 Å². The second kappa shape index (κ2) is 7.93. The molecule has 0 saturated heterocycles. The molecular weight excluding hydrogens is 346 g/mol. The van der Waals surface area contributed by atoms with Crippen LogP contribution < -0.4 is 10.6 Å². The van der Waals surface area contributed by atoms with Crippen LogP contribution in [-0.4, -0.2) is 16.8 Å². The van der Waals surface area contributed by atoms with E-state index in [1.807, 2.05) is 49.4 Å². The number of rotatable bonds is 5. The zero-order chi connectivity index (χ0) is 18.5. The van der Waals surface area contributed by atoms with Gasteiger partial charge in [-0.05, 0) is 24.6 Å². The minimum atomic E-state index is -0.218. The molecule has 6 heteroatoms. The number of nitrogens with one attached hydrogen (secondary N) is 2. The lowest BCUT2D eigenvalue weighted by atomic mass is 10.2. The average Bonchev–Trinajstić information content (AvgIpc) is 3.10. The minimum absolute atomic E-state index is 0.128. The van der Waals surface area contributed by atoms with Crippen LogP contribution in [0, 0.1) is 6.92 Å². The molecule has 0 spiro atoms. The number of thiazole rings is 1. The Morgan fingerprint density at radius 3 is 2.62 bits per heavy atom. The molecule has 2 N–H and O–H groups in total. The van der Waals surface area contributed by atoms with E-state index in [2.05, 4.69) is 15.6 Å². The maximum absolute atomic E-state index is 12.3. The van der Waals surface area contributed by atoms with Gasteiger partial charge in [0.05, 0.1) is 0 Å². The molecule has 0 atom stereocenters. The van der Waals surface area contributed by atoms with Crippen LogP contribution >= 0.6 is 11.3 Å². The van der Waals surface area contributed by atoms with Crippen LogP contribution in [0.1, 0.15) is 28.5 Å². The van der Waals surface area contributed by atoms with Gasteiger partial charge < -0.3 is 10.6 Å². The molecule has 5 nitrogen and oxygen atoms in total. The Morgan fingerprint density at radius 1 is 1.12 bits per heavy atom. The summed E-state index contributed by atoms with van der Waals surface area (Å²) in [5.41, 5.74) is 4.20. The van der Waals surface area contributed by atoms with Crippen LogP contribution in [0.2, 0.25) is 0 Å². The predicted molar refractivity (Wildman–Crippen MR) is 104 cm³/mol. The normalized spacial score (nSPS) is 10.4. The van der Waals surface area contributed by atoms with Crippen molar-refractivity contribution >= 4 is 28.8 Å². The number of carbonyl (C=O) groups is 2. The summed E-state index contributed by atoms with van der Waals surface area (Å²) in [6, 6.07) is 15.4. The molecule has 26 heavy (non-hydrogen) atoms. The van der Waals surface area contributed by atoms with Crippen LogP contribution in [0.3, 0.4) is 0 Å². The molecule has 1 aromatic heterocycles. The monoisotopic (exact) mass is 365 g/mol. The number of hydrogen-bond acceptors (Lipinski definition) is 4. The van der Waals surface area contributed by atoms with E-state index in [0.717, 1.165) is 16.1 Å². The third kappa shape index (κ3) is 4.55. The van der Waals surface area contributed by atoms with Gasteiger partial charge in [0, 0.05) is 30.1 Å². The number of benzene rings is 2. The van der Waals surface area contributed by atoms with Crippen LogP contribution in [-0.2, 0) is 11.3 Å². The van der Waals surface area contributed by atoms with Crippen molar-refractivity contribution in [2.45, 2.75) is 20.4 Å². The lowest BCUT2D eigenvalue weighted by Gasteiger charge is -2.07. The maximum Gasteiger partial charge on any atom is 0.271 e. The third-order valence-electron chi connectivity index (χ3n) is 3.74. The molecule has 0 saturated carbocycles. The van der Waals surface area contributed by atoms with Crippen LogP contribution in [0.15, 0.2) is 53.9 Å². The second-order valence-corrected chi connectivity index (χ2v) is 6.83. The molecule has 2 aromatic carbocycles. The lowest BCUT2D eigenvalue weighted by molar-refractivity contribution is -0.114. The SMILES string of the molecule is CC(=O)Nc1cccc(CNC(=O)c2csc(-c3ccc(C)cc3)n2)c1. The van der Waals surface area contributed by atoms with Gasteiger partial charge in [0.15, 0.2) is 0 Å². The predicted octanol–water partition coefficient (Wildman–Crippen LogP) is 4.01. The number of anilines is 1. The number of aryl methyl sites for hydroxylation is 1. The van der Waals surface area contributed by atoms with Crippen molar-refractivity contribution in [3.63, 3.8) is 0 Å². The van der Waals surface area contributed by atoms with Crippen molar-refractivity contribution in [2.75, 3.05) is 5.32 Å². The highest BCUT2D eigenvalue weighted by atomic mass is 32.1. The molecule has 132 valence electrons. The fourth-order valence-corrected chi connectivity index (χ4v) is 3.25. The van der Waals surface area contributed by atoms with Crippen molar-refractivity contribution in [1.29, 1.82) is 0 Å². The molecule has 0 bridgehead atoms. The van der Waals surface area contributed by atoms with Gasteiger partial charge in [-0.15, -0.1) is 11.3 Å². The fourth-order valence-electron chi connectivity index (χ4n) is 2.44.